The van der Waals surface area contributed by atoms with Crippen LogP contribution in [0.3, 0.4) is 0 Å². The predicted octanol–water partition coefficient (Wildman–Crippen LogP) is 4.54. The summed E-state index contributed by atoms with van der Waals surface area (Å²) in [6.07, 6.45) is 5.01. The zero-order chi connectivity index (χ0) is 20.5. The second-order valence-corrected chi connectivity index (χ2v) is 7.62. The molecule has 30 heavy (non-hydrogen) atoms. The van der Waals surface area contributed by atoms with Gasteiger partial charge in [0.05, 0.1) is 13.2 Å². The third-order valence-corrected chi connectivity index (χ3v) is 5.46. The van der Waals surface area contributed by atoms with Crippen molar-refractivity contribution in [3.8, 4) is 11.5 Å². The van der Waals surface area contributed by atoms with E-state index in [1.807, 2.05) is 18.2 Å². The van der Waals surface area contributed by atoms with Gasteiger partial charge < -0.3 is 14.8 Å². The Labute approximate surface area is 186 Å². The molecule has 164 valence electrons. The highest BCUT2D eigenvalue weighted by Crippen LogP contribution is 2.26. The van der Waals surface area contributed by atoms with Crippen LogP contribution in [0.4, 0.5) is 0 Å². The maximum atomic E-state index is 12.5. The SMILES string of the molecule is COc1ccccc1OCC(=O)NCC(c1ccc(C)cc1)N1CCCCCC1.Cl. The Hall–Kier alpha value is -2.24. The van der Waals surface area contributed by atoms with Crippen LogP contribution in [-0.4, -0.2) is 44.2 Å². The number of benzene rings is 2. The van der Waals surface area contributed by atoms with Gasteiger partial charge in [0, 0.05) is 6.54 Å². The molecule has 0 spiro atoms. The van der Waals surface area contributed by atoms with Crippen LogP contribution in [0.1, 0.15) is 42.9 Å². The van der Waals surface area contributed by atoms with Gasteiger partial charge in [-0.05, 0) is 50.6 Å². The number of nitrogens with zero attached hydrogens (tertiary/aromatic N) is 1. The van der Waals surface area contributed by atoms with Gasteiger partial charge in [-0.2, -0.15) is 0 Å². The summed E-state index contributed by atoms with van der Waals surface area (Å²) in [5.41, 5.74) is 2.50. The van der Waals surface area contributed by atoms with E-state index in [0.29, 0.717) is 18.0 Å². The largest absolute Gasteiger partial charge is 0.493 e. The van der Waals surface area contributed by atoms with E-state index in [0.717, 1.165) is 13.1 Å². The smallest absolute Gasteiger partial charge is 0.258 e. The van der Waals surface area contributed by atoms with E-state index in [-0.39, 0.29) is 31.0 Å². The minimum Gasteiger partial charge on any atom is -0.493 e. The average Bonchev–Trinajstić information content (AvgIpc) is 3.03. The molecule has 1 amide bonds. The lowest BCUT2D eigenvalue weighted by molar-refractivity contribution is -0.123. The summed E-state index contributed by atoms with van der Waals surface area (Å²) in [4.78, 5) is 15.0. The first-order valence-corrected chi connectivity index (χ1v) is 10.5. The summed E-state index contributed by atoms with van der Waals surface area (Å²) in [5.74, 6) is 1.08. The van der Waals surface area contributed by atoms with E-state index in [1.54, 1.807) is 13.2 Å². The first-order valence-electron chi connectivity index (χ1n) is 10.5. The molecule has 2 aromatic carbocycles. The number of nitrogens with one attached hydrogen (secondary N) is 1. The summed E-state index contributed by atoms with van der Waals surface area (Å²) in [6, 6.07) is 16.2. The lowest BCUT2D eigenvalue weighted by atomic mass is 10.0. The van der Waals surface area contributed by atoms with Crippen LogP contribution in [0.25, 0.3) is 0 Å². The molecule has 1 aliphatic heterocycles. The monoisotopic (exact) mass is 432 g/mol. The van der Waals surface area contributed by atoms with Crippen molar-refractivity contribution in [1.82, 2.24) is 10.2 Å². The van der Waals surface area contributed by atoms with Gasteiger partial charge in [0.1, 0.15) is 0 Å². The summed E-state index contributed by atoms with van der Waals surface area (Å²) in [6.45, 7) is 4.80. The molecule has 0 radical (unpaired) electrons. The van der Waals surface area contributed by atoms with E-state index >= 15 is 0 Å². The molecule has 0 aliphatic carbocycles. The summed E-state index contributed by atoms with van der Waals surface area (Å²) >= 11 is 0. The molecule has 1 atom stereocenters. The van der Waals surface area contributed by atoms with Gasteiger partial charge in [-0.3, -0.25) is 9.69 Å². The number of hydrogen-bond acceptors (Lipinski definition) is 4. The minimum atomic E-state index is -0.122. The molecule has 0 bridgehead atoms. The number of rotatable bonds is 8. The Kier molecular flexibility index (Phi) is 9.98. The topological polar surface area (TPSA) is 50.8 Å². The predicted molar refractivity (Wildman–Crippen MR) is 123 cm³/mol. The highest BCUT2D eigenvalue weighted by atomic mass is 35.5. The van der Waals surface area contributed by atoms with Crippen molar-refractivity contribution in [1.29, 1.82) is 0 Å². The molecule has 1 fully saturated rings. The van der Waals surface area contributed by atoms with Gasteiger partial charge in [-0.25, -0.2) is 0 Å². The molecule has 1 N–H and O–H groups in total. The zero-order valence-electron chi connectivity index (χ0n) is 17.9. The number of amides is 1. The highest BCUT2D eigenvalue weighted by Gasteiger charge is 2.22. The molecular weight excluding hydrogens is 400 g/mol. The second-order valence-electron chi connectivity index (χ2n) is 7.62. The van der Waals surface area contributed by atoms with Crippen LogP contribution in [-0.2, 0) is 4.79 Å². The molecule has 6 heteroatoms. The van der Waals surface area contributed by atoms with Crippen molar-refractivity contribution in [3.63, 3.8) is 0 Å². The fourth-order valence-corrected chi connectivity index (χ4v) is 3.80. The molecule has 1 saturated heterocycles. The fourth-order valence-electron chi connectivity index (χ4n) is 3.80. The number of carbonyl (C=O) groups excluding carboxylic acids is 1. The van der Waals surface area contributed by atoms with Gasteiger partial charge in [-0.15, -0.1) is 12.4 Å². The van der Waals surface area contributed by atoms with Gasteiger partial charge in [0.15, 0.2) is 18.1 Å². The standard InChI is InChI=1S/C24H32N2O3.ClH/c1-19-11-13-20(14-12-19)21(26-15-7-3-4-8-16-26)17-25-24(27)18-29-23-10-6-5-9-22(23)28-2;/h5-6,9-14,21H,3-4,7-8,15-18H2,1-2H3,(H,25,27);1H. The number of likely N-dealkylation sites (tertiary alicyclic amines) is 1. The van der Waals surface area contributed by atoms with E-state index in [1.165, 1.54) is 36.8 Å². The van der Waals surface area contributed by atoms with Crippen molar-refractivity contribution in [2.45, 2.75) is 38.6 Å². The van der Waals surface area contributed by atoms with Crippen LogP contribution < -0.4 is 14.8 Å². The number of ether oxygens (including phenoxy) is 2. The van der Waals surface area contributed by atoms with Crippen LogP contribution >= 0.6 is 12.4 Å². The third-order valence-electron chi connectivity index (χ3n) is 5.46. The Balaban J connectivity index is 0.00000320. The lowest BCUT2D eigenvalue weighted by Crippen LogP contribution is -2.40. The van der Waals surface area contributed by atoms with Crippen molar-refractivity contribution < 1.29 is 14.3 Å². The number of hydrogen-bond donors (Lipinski definition) is 1. The minimum absolute atomic E-state index is 0. The van der Waals surface area contributed by atoms with E-state index < -0.39 is 0 Å². The van der Waals surface area contributed by atoms with Crippen LogP contribution in [0, 0.1) is 6.92 Å². The van der Waals surface area contributed by atoms with Gasteiger partial charge in [0.2, 0.25) is 0 Å². The summed E-state index contributed by atoms with van der Waals surface area (Å²) < 4.78 is 10.9. The van der Waals surface area contributed by atoms with E-state index in [2.05, 4.69) is 41.4 Å². The first kappa shape index (κ1) is 24.0. The van der Waals surface area contributed by atoms with Crippen LogP contribution in [0.5, 0.6) is 11.5 Å². The number of carbonyl (C=O) groups is 1. The quantitative estimate of drug-likeness (QED) is 0.665. The van der Waals surface area contributed by atoms with Crippen molar-refractivity contribution in [2.24, 2.45) is 0 Å². The number of halogens is 1. The van der Waals surface area contributed by atoms with Crippen LogP contribution in [0.2, 0.25) is 0 Å². The molecular formula is C24H33ClN2O3. The number of methoxy groups -OCH3 is 1. The van der Waals surface area contributed by atoms with E-state index in [9.17, 15) is 4.79 Å². The van der Waals surface area contributed by atoms with Gasteiger partial charge in [0.25, 0.3) is 5.91 Å². The number of para-hydroxylation sites is 2. The van der Waals surface area contributed by atoms with Crippen molar-refractivity contribution in [2.75, 3.05) is 33.4 Å². The average molecular weight is 433 g/mol. The van der Waals surface area contributed by atoms with E-state index in [4.69, 9.17) is 9.47 Å². The summed E-state index contributed by atoms with van der Waals surface area (Å²) in [5, 5.41) is 3.07. The molecule has 0 aromatic heterocycles. The lowest BCUT2D eigenvalue weighted by Gasteiger charge is -2.31. The molecule has 3 rings (SSSR count). The maximum absolute atomic E-state index is 12.5. The maximum Gasteiger partial charge on any atom is 0.258 e. The fraction of sp³-hybridized carbons (Fsp3) is 0.458. The highest BCUT2D eigenvalue weighted by molar-refractivity contribution is 5.85. The molecule has 1 heterocycles. The molecule has 5 nitrogen and oxygen atoms in total. The molecule has 1 unspecified atom stereocenters. The zero-order valence-corrected chi connectivity index (χ0v) is 18.7. The normalized spacial score (nSPS) is 15.4. The van der Waals surface area contributed by atoms with Crippen LogP contribution in [0.15, 0.2) is 48.5 Å². The molecule has 2 aromatic rings. The number of aryl methyl sites for hydroxylation is 1. The Morgan fingerprint density at radius 1 is 1.00 bits per heavy atom. The van der Waals surface area contributed by atoms with Crippen molar-refractivity contribution >= 4 is 18.3 Å². The molecule has 0 saturated carbocycles. The Morgan fingerprint density at radius 2 is 1.63 bits per heavy atom. The van der Waals surface area contributed by atoms with Gasteiger partial charge >= 0.3 is 0 Å². The molecule has 1 aliphatic rings. The first-order chi connectivity index (χ1) is 14.2. The van der Waals surface area contributed by atoms with Crippen molar-refractivity contribution in [3.05, 3.63) is 59.7 Å². The Bertz CT molecular complexity index is 774. The second kappa shape index (κ2) is 12.5. The third kappa shape index (κ3) is 6.92. The Morgan fingerprint density at radius 3 is 2.27 bits per heavy atom. The van der Waals surface area contributed by atoms with Gasteiger partial charge in [-0.1, -0.05) is 54.8 Å². The summed E-state index contributed by atoms with van der Waals surface area (Å²) in [7, 11) is 1.59.